The summed E-state index contributed by atoms with van der Waals surface area (Å²) >= 11 is 0. The smallest absolute Gasteiger partial charge is 0.403 e. The molecule has 7 nitrogen and oxygen atoms in total. The van der Waals surface area contributed by atoms with Gasteiger partial charge in [0.15, 0.2) is 0 Å². The maximum atomic E-state index is 12.3. The Morgan fingerprint density at radius 3 is 2.12 bits per heavy atom. The number of phosphoric acid groups is 1. The first-order valence-electron chi connectivity index (χ1n) is 6.90. The highest BCUT2D eigenvalue weighted by atomic mass is 31.2. The predicted octanol–water partition coefficient (Wildman–Crippen LogP) is 4.51. The zero-order chi connectivity index (χ0) is 17.6. The van der Waals surface area contributed by atoms with Crippen molar-refractivity contribution in [2.24, 2.45) is 0 Å². The molecule has 2 aromatic rings. The van der Waals surface area contributed by atoms with E-state index in [9.17, 15) is 14.7 Å². The van der Waals surface area contributed by atoms with Gasteiger partial charge in [-0.1, -0.05) is 30.3 Å². The van der Waals surface area contributed by atoms with Crippen LogP contribution >= 0.6 is 7.82 Å². The number of hydrogen-bond acceptors (Lipinski definition) is 6. The minimum absolute atomic E-state index is 0.0196. The topological polar surface area (TPSA) is 87.9 Å². The molecule has 0 atom stereocenters. The van der Waals surface area contributed by atoms with Gasteiger partial charge < -0.3 is 4.52 Å². The molecular weight excluding hydrogens is 333 g/mol. The van der Waals surface area contributed by atoms with Gasteiger partial charge in [-0.2, -0.15) is 0 Å². The molecule has 0 N–H and O–H groups in total. The van der Waals surface area contributed by atoms with Gasteiger partial charge in [-0.15, -0.1) is 0 Å². The summed E-state index contributed by atoms with van der Waals surface area (Å²) in [4.78, 5) is 10.2. The number of rotatable bonds is 7. The number of phosphoric ester groups is 1. The maximum Gasteiger partial charge on any atom is 0.529 e. The maximum absolute atomic E-state index is 12.3. The fraction of sp³-hybridized carbons (Fsp3) is 0.125. The number of nitro benzene ring substituents is 1. The SMILES string of the molecule is COP(=O)(OC)O/C(=C/c1ccc([N+](=O)[O-])cc1)c1ccccc1. The molecule has 2 rings (SSSR count). The second kappa shape index (κ2) is 7.88. The van der Waals surface area contributed by atoms with Crippen LogP contribution in [0.4, 0.5) is 5.69 Å². The number of hydrogen-bond donors (Lipinski definition) is 0. The fourth-order valence-electron chi connectivity index (χ4n) is 1.88. The van der Waals surface area contributed by atoms with Crippen LogP contribution in [0.3, 0.4) is 0 Å². The first-order valence-corrected chi connectivity index (χ1v) is 8.36. The summed E-state index contributed by atoms with van der Waals surface area (Å²) in [6, 6.07) is 14.9. The summed E-state index contributed by atoms with van der Waals surface area (Å²) in [5.74, 6) is 0.261. The Balaban J connectivity index is 2.41. The number of benzene rings is 2. The Bertz CT molecular complexity index is 765. The van der Waals surface area contributed by atoms with Gasteiger partial charge in [-0.05, 0) is 23.8 Å². The molecule has 0 aliphatic rings. The van der Waals surface area contributed by atoms with Crippen molar-refractivity contribution in [2.75, 3.05) is 14.2 Å². The Kier molecular flexibility index (Phi) is 5.87. The molecule has 0 bridgehead atoms. The van der Waals surface area contributed by atoms with Crippen molar-refractivity contribution in [1.82, 2.24) is 0 Å². The van der Waals surface area contributed by atoms with Crippen LogP contribution in [0.15, 0.2) is 54.6 Å². The second-order valence-corrected chi connectivity index (χ2v) is 6.43. The quantitative estimate of drug-likeness (QED) is 0.240. The molecule has 8 heteroatoms. The molecular formula is C16H16NO6P. The number of nitrogens with zero attached hydrogens (tertiary/aromatic N) is 1. The largest absolute Gasteiger partial charge is 0.529 e. The first-order chi connectivity index (χ1) is 11.5. The van der Waals surface area contributed by atoms with Crippen LogP contribution in [0.25, 0.3) is 11.8 Å². The molecule has 0 unspecified atom stereocenters. The lowest BCUT2D eigenvalue weighted by atomic mass is 10.1. The van der Waals surface area contributed by atoms with Crippen LogP contribution in [0.5, 0.6) is 0 Å². The minimum atomic E-state index is -3.74. The van der Waals surface area contributed by atoms with Crippen molar-refractivity contribution < 1.29 is 23.1 Å². The average molecular weight is 349 g/mol. The Hall–Kier alpha value is -2.47. The van der Waals surface area contributed by atoms with Gasteiger partial charge >= 0.3 is 7.82 Å². The van der Waals surface area contributed by atoms with Crippen LogP contribution in [0.2, 0.25) is 0 Å². The Labute approximate surface area is 139 Å². The minimum Gasteiger partial charge on any atom is -0.403 e. The summed E-state index contributed by atoms with van der Waals surface area (Å²) in [6.45, 7) is 0. The predicted molar refractivity (Wildman–Crippen MR) is 90.1 cm³/mol. The molecule has 0 saturated carbocycles. The molecule has 0 radical (unpaired) electrons. The highest BCUT2D eigenvalue weighted by Crippen LogP contribution is 2.51. The van der Waals surface area contributed by atoms with Gasteiger partial charge in [0.1, 0.15) is 5.76 Å². The van der Waals surface area contributed by atoms with Crippen molar-refractivity contribution >= 4 is 25.3 Å². The van der Waals surface area contributed by atoms with Crippen molar-refractivity contribution in [3.63, 3.8) is 0 Å². The van der Waals surface area contributed by atoms with Crippen molar-refractivity contribution in [1.29, 1.82) is 0 Å². The molecule has 0 amide bonds. The molecule has 0 fully saturated rings. The average Bonchev–Trinajstić information content (AvgIpc) is 2.62. The second-order valence-electron chi connectivity index (χ2n) is 4.63. The van der Waals surface area contributed by atoms with E-state index in [2.05, 4.69) is 0 Å². The van der Waals surface area contributed by atoms with Gasteiger partial charge in [0, 0.05) is 31.9 Å². The van der Waals surface area contributed by atoms with E-state index >= 15 is 0 Å². The van der Waals surface area contributed by atoms with E-state index in [-0.39, 0.29) is 11.4 Å². The third-order valence-corrected chi connectivity index (χ3v) is 4.43. The summed E-state index contributed by atoms with van der Waals surface area (Å²) < 4.78 is 27.3. The molecule has 0 aliphatic carbocycles. The first kappa shape index (κ1) is 17.9. The highest BCUT2D eigenvalue weighted by molar-refractivity contribution is 7.48. The van der Waals surface area contributed by atoms with E-state index in [1.165, 1.54) is 26.4 Å². The molecule has 0 spiro atoms. The molecule has 0 heterocycles. The van der Waals surface area contributed by atoms with Crippen LogP contribution in [-0.4, -0.2) is 19.1 Å². The van der Waals surface area contributed by atoms with Crippen LogP contribution in [-0.2, 0) is 18.1 Å². The van der Waals surface area contributed by atoms with Crippen molar-refractivity contribution in [3.05, 3.63) is 75.8 Å². The van der Waals surface area contributed by atoms with Gasteiger partial charge in [-0.25, -0.2) is 4.57 Å². The zero-order valence-corrected chi connectivity index (χ0v) is 14.0. The Morgan fingerprint density at radius 1 is 1.04 bits per heavy atom. The third-order valence-electron chi connectivity index (χ3n) is 3.12. The Morgan fingerprint density at radius 2 is 1.62 bits per heavy atom. The van der Waals surface area contributed by atoms with Crippen molar-refractivity contribution in [2.45, 2.75) is 0 Å². The fourth-order valence-corrected chi connectivity index (χ4v) is 2.58. The van der Waals surface area contributed by atoms with E-state index < -0.39 is 12.7 Å². The molecule has 0 saturated heterocycles. The number of nitro groups is 1. The monoisotopic (exact) mass is 349 g/mol. The molecule has 126 valence electrons. The van der Waals surface area contributed by atoms with Gasteiger partial charge in [-0.3, -0.25) is 19.2 Å². The summed E-state index contributed by atoms with van der Waals surface area (Å²) in [6.07, 6.45) is 1.60. The van der Waals surface area contributed by atoms with Crippen LogP contribution < -0.4 is 0 Å². The van der Waals surface area contributed by atoms with E-state index in [0.29, 0.717) is 11.1 Å². The standard InChI is InChI=1S/C16H16NO6P/c1-21-24(20,22-2)23-16(14-6-4-3-5-7-14)12-13-8-10-15(11-9-13)17(18)19/h3-12H,1-2H3/b16-12+. The van der Waals surface area contributed by atoms with E-state index in [4.69, 9.17) is 13.6 Å². The van der Waals surface area contributed by atoms with Crippen LogP contribution in [0.1, 0.15) is 11.1 Å². The van der Waals surface area contributed by atoms with E-state index in [1.807, 2.05) is 6.07 Å². The zero-order valence-electron chi connectivity index (χ0n) is 13.1. The lowest BCUT2D eigenvalue weighted by Gasteiger charge is -2.17. The number of non-ortho nitro benzene ring substituents is 1. The van der Waals surface area contributed by atoms with E-state index in [1.54, 1.807) is 42.5 Å². The summed E-state index contributed by atoms with van der Waals surface area (Å²) in [7, 11) is -1.30. The molecule has 0 aromatic heterocycles. The van der Waals surface area contributed by atoms with E-state index in [0.717, 1.165) is 0 Å². The van der Waals surface area contributed by atoms with Gasteiger partial charge in [0.25, 0.3) is 5.69 Å². The van der Waals surface area contributed by atoms with Crippen molar-refractivity contribution in [3.8, 4) is 0 Å². The molecule has 0 aliphatic heterocycles. The molecule has 24 heavy (non-hydrogen) atoms. The van der Waals surface area contributed by atoms with Crippen LogP contribution in [0, 0.1) is 10.1 Å². The normalized spacial score (nSPS) is 12.0. The third kappa shape index (κ3) is 4.52. The summed E-state index contributed by atoms with van der Waals surface area (Å²) in [5.41, 5.74) is 1.28. The lowest BCUT2D eigenvalue weighted by Crippen LogP contribution is -1.96. The molecule has 2 aromatic carbocycles. The highest BCUT2D eigenvalue weighted by Gasteiger charge is 2.26. The van der Waals surface area contributed by atoms with Gasteiger partial charge in [0.2, 0.25) is 0 Å². The lowest BCUT2D eigenvalue weighted by molar-refractivity contribution is -0.384. The summed E-state index contributed by atoms with van der Waals surface area (Å²) in [5, 5.41) is 10.7. The van der Waals surface area contributed by atoms with Gasteiger partial charge in [0.05, 0.1) is 4.92 Å².